The normalized spacial score (nSPS) is 33.6. The van der Waals surface area contributed by atoms with E-state index in [2.05, 4.69) is 5.32 Å². The predicted octanol–water partition coefficient (Wildman–Crippen LogP) is 0.678. The quantitative estimate of drug-likeness (QED) is 0.648. The lowest BCUT2D eigenvalue weighted by atomic mass is 9.90. The smallest absolute Gasteiger partial charge is 0.240 e. The first-order chi connectivity index (χ1) is 7.62. The fraction of sp³-hybridized carbons (Fsp3) is 0.917. The molecule has 2 saturated carbocycles. The summed E-state index contributed by atoms with van der Waals surface area (Å²) in [6.07, 6.45) is 7.06. The van der Waals surface area contributed by atoms with Crippen molar-refractivity contribution in [2.45, 2.75) is 69.1 Å². The SMILES string of the molecule is NC1(C(=O)NC2CCCCC2O)CCCC1. The Bertz CT molecular complexity index is 262. The summed E-state index contributed by atoms with van der Waals surface area (Å²) in [5.41, 5.74) is 5.40. The van der Waals surface area contributed by atoms with Gasteiger partial charge >= 0.3 is 0 Å². The Morgan fingerprint density at radius 3 is 2.44 bits per heavy atom. The Kier molecular flexibility index (Phi) is 3.50. The molecule has 0 saturated heterocycles. The summed E-state index contributed by atoms with van der Waals surface area (Å²) in [6, 6.07) is -0.0812. The van der Waals surface area contributed by atoms with Crippen molar-refractivity contribution in [3.05, 3.63) is 0 Å². The van der Waals surface area contributed by atoms with Gasteiger partial charge in [0.05, 0.1) is 17.7 Å². The van der Waals surface area contributed by atoms with E-state index in [0.29, 0.717) is 0 Å². The number of carbonyl (C=O) groups excluding carboxylic acids is 1. The van der Waals surface area contributed by atoms with E-state index in [0.717, 1.165) is 51.4 Å². The minimum Gasteiger partial charge on any atom is -0.391 e. The summed E-state index contributed by atoms with van der Waals surface area (Å²) in [4.78, 5) is 12.0. The van der Waals surface area contributed by atoms with Crippen molar-refractivity contribution in [3.63, 3.8) is 0 Å². The van der Waals surface area contributed by atoms with E-state index in [-0.39, 0.29) is 18.1 Å². The molecule has 0 aromatic carbocycles. The second kappa shape index (κ2) is 4.72. The summed E-state index contributed by atoms with van der Waals surface area (Å²) >= 11 is 0. The molecule has 4 nitrogen and oxygen atoms in total. The molecule has 4 heteroatoms. The molecule has 92 valence electrons. The van der Waals surface area contributed by atoms with Crippen molar-refractivity contribution < 1.29 is 9.90 Å². The average molecular weight is 226 g/mol. The van der Waals surface area contributed by atoms with Crippen molar-refractivity contribution in [2.24, 2.45) is 5.73 Å². The van der Waals surface area contributed by atoms with Crippen molar-refractivity contribution in [1.29, 1.82) is 0 Å². The van der Waals surface area contributed by atoms with Gasteiger partial charge in [0.25, 0.3) is 0 Å². The first-order valence-electron chi connectivity index (χ1n) is 6.40. The zero-order valence-electron chi connectivity index (χ0n) is 9.74. The largest absolute Gasteiger partial charge is 0.391 e. The lowest BCUT2D eigenvalue weighted by Gasteiger charge is -2.32. The Balaban J connectivity index is 1.90. The number of aliphatic hydroxyl groups excluding tert-OH is 1. The van der Waals surface area contributed by atoms with Crippen LogP contribution in [0.2, 0.25) is 0 Å². The number of amides is 1. The number of carbonyl (C=O) groups is 1. The highest BCUT2D eigenvalue weighted by atomic mass is 16.3. The molecule has 2 atom stereocenters. The van der Waals surface area contributed by atoms with Crippen molar-refractivity contribution in [3.8, 4) is 0 Å². The number of nitrogens with one attached hydrogen (secondary N) is 1. The molecule has 2 fully saturated rings. The Morgan fingerprint density at radius 1 is 1.19 bits per heavy atom. The van der Waals surface area contributed by atoms with Crippen LogP contribution in [0, 0.1) is 0 Å². The second-order valence-electron chi connectivity index (χ2n) is 5.30. The molecule has 0 spiro atoms. The molecule has 2 aliphatic rings. The van der Waals surface area contributed by atoms with Crippen LogP contribution in [0.25, 0.3) is 0 Å². The summed E-state index contributed by atoms with van der Waals surface area (Å²) in [5, 5.41) is 12.7. The van der Waals surface area contributed by atoms with Crippen LogP contribution in [0.15, 0.2) is 0 Å². The van der Waals surface area contributed by atoms with Crippen LogP contribution in [-0.2, 0) is 4.79 Å². The van der Waals surface area contributed by atoms with E-state index >= 15 is 0 Å². The van der Waals surface area contributed by atoms with E-state index in [9.17, 15) is 9.90 Å². The van der Waals surface area contributed by atoms with Gasteiger partial charge in [-0.2, -0.15) is 0 Å². The number of hydrogen-bond donors (Lipinski definition) is 3. The van der Waals surface area contributed by atoms with Gasteiger partial charge in [0.15, 0.2) is 0 Å². The van der Waals surface area contributed by atoms with E-state index < -0.39 is 5.54 Å². The van der Waals surface area contributed by atoms with Gasteiger partial charge in [-0.25, -0.2) is 0 Å². The molecule has 2 unspecified atom stereocenters. The molecule has 0 aliphatic heterocycles. The zero-order valence-corrected chi connectivity index (χ0v) is 9.74. The maximum Gasteiger partial charge on any atom is 0.240 e. The van der Waals surface area contributed by atoms with E-state index in [1.807, 2.05) is 0 Å². The van der Waals surface area contributed by atoms with Gasteiger partial charge in [0, 0.05) is 0 Å². The van der Waals surface area contributed by atoms with Crippen molar-refractivity contribution in [1.82, 2.24) is 5.32 Å². The van der Waals surface area contributed by atoms with Gasteiger partial charge in [0.1, 0.15) is 0 Å². The third kappa shape index (κ3) is 2.38. The Morgan fingerprint density at radius 2 is 1.81 bits per heavy atom. The van der Waals surface area contributed by atoms with Gasteiger partial charge in [-0.1, -0.05) is 25.7 Å². The fourth-order valence-electron chi connectivity index (χ4n) is 2.82. The van der Waals surface area contributed by atoms with Crippen LogP contribution < -0.4 is 11.1 Å². The van der Waals surface area contributed by atoms with E-state index in [1.54, 1.807) is 0 Å². The van der Waals surface area contributed by atoms with Crippen LogP contribution >= 0.6 is 0 Å². The van der Waals surface area contributed by atoms with Crippen molar-refractivity contribution in [2.75, 3.05) is 0 Å². The monoisotopic (exact) mass is 226 g/mol. The standard InChI is InChI=1S/C12H22N2O2/c13-12(7-3-4-8-12)11(16)14-9-5-1-2-6-10(9)15/h9-10,15H,1-8,13H2,(H,14,16). The average Bonchev–Trinajstić information content (AvgIpc) is 2.70. The lowest BCUT2D eigenvalue weighted by molar-refractivity contribution is -0.128. The molecule has 0 radical (unpaired) electrons. The first-order valence-corrected chi connectivity index (χ1v) is 6.40. The van der Waals surface area contributed by atoms with E-state index in [1.165, 1.54) is 0 Å². The van der Waals surface area contributed by atoms with Gasteiger partial charge in [0.2, 0.25) is 5.91 Å². The molecule has 0 aromatic heterocycles. The number of hydrogen-bond acceptors (Lipinski definition) is 3. The molecule has 2 rings (SSSR count). The van der Waals surface area contributed by atoms with Gasteiger partial charge in [-0.3, -0.25) is 4.79 Å². The molecule has 0 aromatic rings. The van der Waals surface area contributed by atoms with Gasteiger partial charge in [-0.15, -0.1) is 0 Å². The number of aliphatic hydroxyl groups is 1. The lowest BCUT2D eigenvalue weighted by Crippen LogP contribution is -2.57. The molecular formula is C12H22N2O2. The van der Waals surface area contributed by atoms with Crippen LogP contribution in [-0.4, -0.2) is 28.7 Å². The topological polar surface area (TPSA) is 75.4 Å². The molecule has 16 heavy (non-hydrogen) atoms. The highest BCUT2D eigenvalue weighted by Crippen LogP contribution is 2.28. The predicted molar refractivity (Wildman–Crippen MR) is 61.8 cm³/mol. The van der Waals surface area contributed by atoms with Crippen LogP contribution in [0.1, 0.15) is 51.4 Å². The Hall–Kier alpha value is -0.610. The van der Waals surface area contributed by atoms with Gasteiger partial charge < -0.3 is 16.2 Å². The summed E-state index contributed by atoms with van der Waals surface area (Å²) in [5.74, 6) is -0.0593. The minimum atomic E-state index is -0.669. The summed E-state index contributed by atoms with van der Waals surface area (Å²) < 4.78 is 0. The van der Waals surface area contributed by atoms with Crippen LogP contribution in [0.3, 0.4) is 0 Å². The van der Waals surface area contributed by atoms with Crippen molar-refractivity contribution >= 4 is 5.91 Å². The van der Waals surface area contributed by atoms with Crippen LogP contribution in [0.5, 0.6) is 0 Å². The highest BCUT2D eigenvalue weighted by Gasteiger charge is 2.38. The highest BCUT2D eigenvalue weighted by molar-refractivity contribution is 5.86. The number of rotatable bonds is 2. The molecule has 2 aliphatic carbocycles. The molecule has 4 N–H and O–H groups in total. The molecule has 0 heterocycles. The summed E-state index contributed by atoms with van der Waals surface area (Å²) in [6.45, 7) is 0. The van der Waals surface area contributed by atoms with Crippen LogP contribution in [0.4, 0.5) is 0 Å². The molecule has 1 amide bonds. The molecule has 0 bridgehead atoms. The third-order valence-electron chi connectivity index (χ3n) is 3.99. The maximum absolute atomic E-state index is 12.0. The Labute approximate surface area is 96.6 Å². The minimum absolute atomic E-state index is 0.0593. The number of nitrogens with two attached hydrogens (primary N) is 1. The van der Waals surface area contributed by atoms with E-state index in [4.69, 9.17) is 5.73 Å². The van der Waals surface area contributed by atoms with Gasteiger partial charge in [-0.05, 0) is 25.7 Å². The summed E-state index contributed by atoms with van der Waals surface area (Å²) in [7, 11) is 0. The second-order valence-corrected chi connectivity index (χ2v) is 5.30. The molecular weight excluding hydrogens is 204 g/mol. The zero-order chi connectivity index (χ0) is 11.6. The first kappa shape index (κ1) is 11.9. The maximum atomic E-state index is 12.0. The third-order valence-corrected chi connectivity index (χ3v) is 3.99. The fourth-order valence-corrected chi connectivity index (χ4v) is 2.82.